The number of nitriles is 2. The minimum Gasteiger partial charge on any atom is -0.497 e. The van der Waals surface area contributed by atoms with Crippen molar-refractivity contribution in [2.75, 3.05) is 12.0 Å². The molecule has 3 heterocycles. The van der Waals surface area contributed by atoms with E-state index in [1.165, 1.54) is 11.3 Å². The molecule has 1 fully saturated rings. The summed E-state index contributed by atoms with van der Waals surface area (Å²) in [4.78, 5) is 16.9. The van der Waals surface area contributed by atoms with Gasteiger partial charge in [-0.1, -0.05) is 36.4 Å². The van der Waals surface area contributed by atoms with Crippen LogP contribution in [0.3, 0.4) is 0 Å². The number of carbonyl (C=O) groups excluding carboxylic acids is 1. The highest BCUT2D eigenvalue weighted by Gasteiger charge is 2.63. The van der Waals surface area contributed by atoms with Crippen molar-refractivity contribution in [1.29, 1.82) is 10.5 Å². The molecule has 3 atom stereocenters. The number of anilines is 1. The molecule has 5 nitrogen and oxygen atoms in total. The average Bonchev–Trinajstić information content (AvgIpc) is 3.48. The second kappa shape index (κ2) is 7.67. The van der Waals surface area contributed by atoms with Gasteiger partial charge in [0.25, 0.3) is 0 Å². The smallest absolute Gasteiger partial charge is 0.186 e. The van der Waals surface area contributed by atoms with E-state index in [4.69, 9.17) is 4.74 Å². The van der Waals surface area contributed by atoms with Crippen LogP contribution in [0.4, 0.5) is 5.69 Å². The van der Waals surface area contributed by atoms with Crippen LogP contribution in [-0.4, -0.2) is 25.0 Å². The fourth-order valence-corrected chi connectivity index (χ4v) is 5.87. The Kier molecular flexibility index (Phi) is 4.81. The summed E-state index contributed by atoms with van der Waals surface area (Å²) < 4.78 is 5.24. The van der Waals surface area contributed by atoms with E-state index in [0.29, 0.717) is 11.3 Å². The zero-order valence-electron chi connectivity index (χ0n) is 17.3. The van der Waals surface area contributed by atoms with Crippen molar-refractivity contribution in [2.45, 2.75) is 18.0 Å². The lowest BCUT2D eigenvalue weighted by Gasteiger charge is -2.35. The molecule has 0 spiro atoms. The van der Waals surface area contributed by atoms with Gasteiger partial charge in [-0.3, -0.25) is 4.79 Å². The van der Waals surface area contributed by atoms with Crippen molar-refractivity contribution >= 4 is 28.9 Å². The zero-order chi connectivity index (χ0) is 22.3. The van der Waals surface area contributed by atoms with E-state index in [1.807, 2.05) is 58.8 Å². The number of rotatable bonds is 4. The molecule has 0 amide bonds. The van der Waals surface area contributed by atoms with Crippen molar-refractivity contribution in [2.24, 2.45) is 5.41 Å². The molecule has 0 N–H and O–H groups in total. The van der Waals surface area contributed by atoms with E-state index >= 15 is 0 Å². The summed E-state index contributed by atoms with van der Waals surface area (Å²) in [6.45, 7) is 0. The summed E-state index contributed by atoms with van der Waals surface area (Å²) in [5.74, 6) is -0.0447. The topological polar surface area (TPSA) is 77.1 Å². The maximum Gasteiger partial charge on any atom is 0.186 e. The van der Waals surface area contributed by atoms with Crippen LogP contribution in [0.15, 0.2) is 72.1 Å². The first kappa shape index (κ1) is 20.1. The third kappa shape index (κ3) is 2.77. The Labute approximate surface area is 190 Å². The summed E-state index contributed by atoms with van der Waals surface area (Å²) in [6.07, 6.45) is 3.85. The van der Waals surface area contributed by atoms with Gasteiger partial charge in [0.1, 0.15) is 11.8 Å². The first-order valence-electron chi connectivity index (χ1n) is 10.2. The Bertz CT molecular complexity index is 1270. The summed E-state index contributed by atoms with van der Waals surface area (Å²) in [5, 5.41) is 22.6. The Balaban J connectivity index is 1.74. The molecule has 2 aliphatic rings. The van der Waals surface area contributed by atoms with Crippen molar-refractivity contribution < 1.29 is 9.53 Å². The second-order valence-electron chi connectivity index (χ2n) is 7.89. The molecule has 2 aromatic carbocycles. The average molecular weight is 438 g/mol. The van der Waals surface area contributed by atoms with Gasteiger partial charge in [-0.2, -0.15) is 10.5 Å². The molecule has 6 heteroatoms. The lowest BCUT2D eigenvalue weighted by atomic mass is 9.71. The predicted molar refractivity (Wildman–Crippen MR) is 124 cm³/mol. The lowest BCUT2D eigenvalue weighted by molar-refractivity contribution is 0.0951. The maximum atomic E-state index is 14.0. The van der Waals surface area contributed by atoms with E-state index in [2.05, 4.69) is 12.1 Å². The summed E-state index contributed by atoms with van der Waals surface area (Å²) >= 11 is 1.48. The van der Waals surface area contributed by atoms with Crippen LogP contribution >= 0.6 is 11.3 Å². The van der Waals surface area contributed by atoms with Crippen molar-refractivity contribution in [3.05, 3.63) is 88.1 Å². The fraction of sp³-hybridized carbons (Fsp3) is 0.192. The minimum absolute atomic E-state index is 0.117. The number of para-hydroxylation sites is 1. The van der Waals surface area contributed by atoms with Crippen LogP contribution in [-0.2, 0) is 0 Å². The van der Waals surface area contributed by atoms with Crippen LogP contribution in [0.2, 0.25) is 0 Å². The summed E-state index contributed by atoms with van der Waals surface area (Å²) in [7, 11) is 1.58. The number of hydrogen-bond acceptors (Lipinski definition) is 6. The van der Waals surface area contributed by atoms with Crippen LogP contribution < -0.4 is 9.64 Å². The monoisotopic (exact) mass is 437 g/mol. The number of ether oxygens (including phenoxy) is 1. The number of benzene rings is 2. The van der Waals surface area contributed by atoms with E-state index in [1.54, 1.807) is 31.4 Å². The molecule has 1 aromatic heterocycles. The number of Topliss-reactive ketones (excluding diaryl/α,β-unsaturated/α-hetero) is 1. The van der Waals surface area contributed by atoms with Gasteiger partial charge in [-0.15, -0.1) is 11.3 Å². The number of nitrogens with zero attached hydrogens (tertiary/aromatic N) is 3. The minimum atomic E-state index is -1.40. The van der Waals surface area contributed by atoms with Crippen LogP contribution in [0.25, 0.3) is 6.08 Å². The number of methoxy groups -OCH3 is 1. The van der Waals surface area contributed by atoms with Gasteiger partial charge in [0.05, 0.1) is 31.2 Å². The van der Waals surface area contributed by atoms with Crippen LogP contribution in [0, 0.1) is 28.1 Å². The van der Waals surface area contributed by atoms with Gasteiger partial charge >= 0.3 is 0 Å². The number of thiophene rings is 1. The first-order valence-corrected chi connectivity index (χ1v) is 11.1. The molecule has 0 saturated carbocycles. The first-order chi connectivity index (χ1) is 15.6. The molecule has 3 unspecified atom stereocenters. The van der Waals surface area contributed by atoms with Crippen LogP contribution in [0.1, 0.15) is 26.7 Å². The molecule has 2 aliphatic heterocycles. The van der Waals surface area contributed by atoms with Crippen molar-refractivity contribution in [3.63, 3.8) is 0 Å². The fourth-order valence-electron chi connectivity index (χ4n) is 4.94. The van der Waals surface area contributed by atoms with E-state index < -0.39 is 23.4 Å². The molecule has 0 aliphatic carbocycles. The third-order valence-electron chi connectivity index (χ3n) is 6.41. The van der Waals surface area contributed by atoms with Gasteiger partial charge in [-0.25, -0.2) is 0 Å². The van der Waals surface area contributed by atoms with Crippen LogP contribution in [0.5, 0.6) is 5.75 Å². The van der Waals surface area contributed by atoms with E-state index in [-0.39, 0.29) is 5.78 Å². The normalized spacial score (nSPS) is 22.3. The summed E-state index contributed by atoms with van der Waals surface area (Å²) in [6, 6.07) is 22.0. The highest BCUT2D eigenvalue weighted by atomic mass is 32.1. The lowest BCUT2D eigenvalue weighted by Crippen LogP contribution is -2.44. The van der Waals surface area contributed by atoms with Crippen molar-refractivity contribution in [3.8, 4) is 17.9 Å². The molecule has 1 saturated heterocycles. The SMILES string of the molecule is COc1ccc(C(=O)C2C(c3cccs3)C(C#N)(C#N)C3C=Cc4ccccc4N23)cc1. The quantitative estimate of drug-likeness (QED) is 0.535. The third-order valence-corrected chi connectivity index (χ3v) is 7.36. The molecule has 32 heavy (non-hydrogen) atoms. The Morgan fingerprint density at radius 2 is 1.81 bits per heavy atom. The number of hydrogen-bond donors (Lipinski definition) is 0. The highest BCUT2D eigenvalue weighted by molar-refractivity contribution is 7.10. The summed E-state index contributed by atoms with van der Waals surface area (Å²) in [5.41, 5.74) is 0.949. The molecule has 156 valence electrons. The Hall–Kier alpha value is -3.87. The zero-order valence-corrected chi connectivity index (χ0v) is 18.1. The predicted octanol–water partition coefficient (Wildman–Crippen LogP) is 5.04. The number of ketones is 1. The van der Waals surface area contributed by atoms with Gasteiger partial charge in [-0.05, 0) is 47.3 Å². The molecular weight excluding hydrogens is 418 g/mol. The highest BCUT2D eigenvalue weighted by Crippen LogP contribution is 2.56. The van der Waals surface area contributed by atoms with Gasteiger partial charge in [0, 0.05) is 16.1 Å². The molecule has 5 rings (SSSR count). The van der Waals surface area contributed by atoms with Gasteiger partial charge in [0.2, 0.25) is 0 Å². The molecular formula is C26H19N3O2S. The molecule has 0 radical (unpaired) electrons. The van der Waals surface area contributed by atoms with Crippen molar-refractivity contribution in [1.82, 2.24) is 0 Å². The number of fused-ring (bicyclic) bond motifs is 3. The Morgan fingerprint density at radius 1 is 1.06 bits per heavy atom. The van der Waals surface area contributed by atoms with Gasteiger partial charge < -0.3 is 9.64 Å². The van der Waals surface area contributed by atoms with E-state index in [9.17, 15) is 15.3 Å². The maximum absolute atomic E-state index is 14.0. The standard InChI is InChI=1S/C26H19N3O2S/c1-31-19-11-8-18(9-12-19)25(30)24-23(21-7-4-14-32-21)26(15-27,16-28)22-13-10-17-5-2-3-6-20(17)29(22)24/h2-14,22-24H,1H3. The molecule has 0 bridgehead atoms. The largest absolute Gasteiger partial charge is 0.497 e. The Morgan fingerprint density at radius 3 is 2.47 bits per heavy atom. The number of carbonyl (C=O) groups is 1. The molecule has 3 aromatic rings. The van der Waals surface area contributed by atoms with Gasteiger partial charge in [0.15, 0.2) is 11.2 Å². The van der Waals surface area contributed by atoms with E-state index in [0.717, 1.165) is 16.1 Å². The second-order valence-corrected chi connectivity index (χ2v) is 8.87.